The summed E-state index contributed by atoms with van der Waals surface area (Å²) < 4.78 is 8.33. The lowest BCUT2D eigenvalue weighted by atomic mass is 10.2. The van der Waals surface area contributed by atoms with Gasteiger partial charge in [-0.05, 0) is 62.1 Å². The van der Waals surface area contributed by atoms with Crippen LogP contribution in [0.3, 0.4) is 0 Å². The van der Waals surface area contributed by atoms with Crippen LogP contribution in [0.4, 0.5) is 11.5 Å². The molecule has 6 nitrogen and oxygen atoms in total. The molecule has 0 fully saturated rings. The van der Waals surface area contributed by atoms with E-state index >= 15 is 0 Å². The van der Waals surface area contributed by atoms with Crippen LogP contribution in [0.15, 0.2) is 45.5 Å². The highest BCUT2D eigenvalue weighted by Gasteiger charge is 2.23. The Morgan fingerprint density at radius 3 is 2.92 bits per heavy atom. The molecule has 0 aliphatic heterocycles. The molecule has 0 radical (unpaired) electrons. The normalized spacial score (nSPS) is 13.3. The summed E-state index contributed by atoms with van der Waals surface area (Å²) in [5.41, 5.74) is 4.51. The van der Waals surface area contributed by atoms with Crippen LogP contribution in [-0.2, 0) is 12.8 Å². The van der Waals surface area contributed by atoms with Gasteiger partial charge in [-0.15, -0.1) is 5.10 Å². The number of furan rings is 1. The van der Waals surface area contributed by atoms with Crippen LogP contribution >= 0.6 is 15.9 Å². The minimum atomic E-state index is 0.543. The van der Waals surface area contributed by atoms with Gasteiger partial charge in [0.1, 0.15) is 5.82 Å². The smallest absolute Gasteiger partial charge is 0.255 e. The van der Waals surface area contributed by atoms with E-state index in [1.165, 1.54) is 11.1 Å². The molecule has 0 unspecified atom stereocenters. The fraction of sp³-hybridized carbons (Fsp3) is 0.211. The maximum absolute atomic E-state index is 5.45. The van der Waals surface area contributed by atoms with Crippen molar-refractivity contribution in [3.8, 4) is 11.6 Å². The molecule has 1 aliphatic carbocycles. The van der Waals surface area contributed by atoms with Crippen molar-refractivity contribution in [2.24, 2.45) is 0 Å². The maximum Gasteiger partial charge on any atom is 0.255 e. The minimum Gasteiger partial charge on any atom is -0.461 e. The molecule has 0 spiro atoms. The second kappa shape index (κ2) is 5.95. The number of halogens is 1. The summed E-state index contributed by atoms with van der Waals surface area (Å²) in [5.74, 6) is 2.71. The second-order valence-electron chi connectivity index (χ2n) is 6.45. The van der Waals surface area contributed by atoms with Gasteiger partial charge in [-0.2, -0.15) is 9.50 Å². The van der Waals surface area contributed by atoms with E-state index in [0.29, 0.717) is 17.4 Å². The van der Waals surface area contributed by atoms with E-state index < -0.39 is 0 Å². The van der Waals surface area contributed by atoms with Crippen LogP contribution in [0.1, 0.15) is 23.2 Å². The Morgan fingerprint density at radius 2 is 2.12 bits per heavy atom. The van der Waals surface area contributed by atoms with E-state index in [2.05, 4.69) is 50.4 Å². The first-order chi connectivity index (χ1) is 12.7. The van der Waals surface area contributed by atoms with Gasteiger partial charge in [-0.25, -0.2) is 4.98 Å². The first-order valence-electron chi connectivity index (χ1n) is 8.54. The molecule has 0 saturated heterocycles. The van der Waals surface area contributed by atoms with Crippen LogP contribution in [-0.4, -0.2) is 19.6 Å². The van der Waals surface area contributed by atoms with E-state index in [4.69, 9.17) is 9.40 Å². The van der Waals surface area contributed by atoms with Crippen molar-refractivity contribution < 1.29 is 4.42 Å². The molecule has 0 bridgehead atoms. The average Bonchev–Trinajstić information content (AvgIpc) is 3.36. The van der Waals surface area contributed by atoms with Crippen LogP contribution in [0.25, 0.3) is 17.4 Å². The standard InChI is InChI=1S/C19H16BrN5O/c1-11-10-12(7-8-14(11)20)21-18-13-4-2-5-15(13)22-19-23-17(24-25(18)19)16-6-3-9-26-16/h3,6-10,21H,2,4-5H2,1H3. The third-order valence-electron chi connectivity index (χ3n) is 4.67. The second-order valence-corrected chi connectivity index (χ2v) is 7.31. The predicted molar refractivity (Wildman–Crippen MR) is 103 cm³/mol. The number of anilines is 2. The third-order valence-corrected chi connectivity index (χ3v) is 5.56. The first kappa shape index (κ1) is 15.6. The molecule has 1 aliphatic rings. The number of fused-ring (bicyclic) bond motifs is 2. The Kier molecular flexibility index (Phi) is 3.56. The van der Waals surface area contributed by atoms with Gasteiger partial charge in [-0.3, -0.25) is 0 Å². The van der Waals surface area contributed by atoms with E-state index in [1.54, 1.807) is 10.8 Å². The quantitative estimate of drug-likeness (QED) is 0.531. The Labute approximate surface area is 158 Å². The van der Waals surface area contributed by atoms with Crippen molar-refractivity contribution in [1.29, 1.82) is 0 Å². The van der Waals surface area contributed by atoms with Gasteiger partial charge >= 0.3 is 0 Å². The number of nitrogens with zero attached hydrogens (tertiary/aromatic N) is 4. The summed E-state index contributed by atoms with van der Waals surface area (Å²) in [5, 5.41) is 8.19. The van der Waals surface area contributed by atoms with Crippen LogP contribution in [0.2, 0.25) is 0 Å². The van der Waals surface area contributed by atoms with E-state index in [9.17, 15) is 0 Å². The van der Waals surface area contributed by atoms with Crippen molar-refractivity contribution in [2.45, 2.75) is 26.2 Å². The highest BCUT2D eigenvalue weighted by atomic mass is 79.9. The monoisotopic (exact) mass is 409 g/mol. The highest BCUT2D eigenvalue weighted by Crippen LogP contribution is 2.32. The first-order valence-corrected chi connectivity index (χ1v) is 9.34. The molecule has 130 valence electrons. The largest absolute Gasteiger partial charge is 0.461 e. The Morgan fingerprint density at radius 1 is 1.19 bits per heavy atom. The molecular weight excluding hydrogens is 394 g/mol. The fourth-order valence-electron chi connectivity index (χ4n) is 3.38. The van der Waals surface area contributed by atoms with Gasteiger partial charge in [0.25, 0.3) is 5.78 Å². The molecule has 4 aromatic rings. The number of hydrogen-bond donors (Lipinski definition) is 1. The lowest BCUT2D eigenvalue weighted by Gasteiger charge is -2.13. The van der Waals surface area contributed by atoms with Gasteiger partial charge in [-0.1, -0.05) is 15.9 Å². The zero-order valence-corrected chi connectivity index (χ0v) is 15.7. The Bertz CT molecular complexity index is 1120. The fourth-order valence-corrected chi connectivity index (χ4v) is 3.63. The molecular formula is C19H16BrN5O. The van der Waals surface area contributed by atoms with Crippen molar-refractivity contribution >= 4 is 33.2 Å². The number of hydrogen-bond acceptors (Lipinski definition) is 5. The van der Waals surface area contributed by atoms with Crippen molar-refractivity contribution in [3.63, 3.8) is 0 Å². The molecule has 1 N–H and O–H groups in total. The third kappa shape index (κ3) is 2.50. The van der Waals surface area contributed by atoms with E-state index in [-0.39, 0.29) is 0 Å². The maximum atomic E-state index is 5.45. The van der Waals surface area contributed by atoms with Gasteiger partial charge in [0.2, 0.25) is 5.82 Å². The predicted octanol–water partition coefficient (Wildman–Crippen LogP) is 4.69. The summed E-state index contributed by atoms with van der Waals surface area (Å²) in [6.45, 7) is 2.08. The zero-order valence-electron chi connectivity index (χ0n) is 14.2. The zero-order chi connectivity index (χ0) is 17.7. The average molecular weight is 410 g/mol. The van der Waals surface area contributed by atoms with E-state index in [0.717, 1.165) is 40.9 Å². The van der Waals surface area contributed by atoms with Crippen molar-refractivity contribution in [1.82, 2.24) is 19.6 Å². The molecule has 26 heavy (non-hydrogen) atoms. The van der Waals surface area contributed by atoms with E-state index in [1.807, 2.05) is 18.2 Å². The van der Waals surface area contributed by atoms with Gasteiger partial charge in [0.05, 0.1) is 12.0 Å². The number of nitrogens with one attached hydrogen (secondary N) is 1. The number of aromatic nitrogens is 4. The summed E-state index contributed by atoms with van der Waals surface area (Å²) in [6.07, 6.45) is 4.70. The van der Waals surface area contributed by atoms with Crippen molar-refractivity contribution in [2.75, 3.05) is 5.32 Å². The summed E-state index contributed by atoms with van der Waals surface area (Å²) >= 11 is 3.55. The molecule has 3 aromatic heterocycles. The Hall–Kier alpha value is -2.67. The molecule has 0 atom stereocenters. The molecule has 0 amide bonds. The minimum absolute atomic E-state index is 0.543. The SMILES string of the molecule is Cc1cc(Nc2c3c(nc4nc(-c5ccco5)nn24)CCC3)ccc1Br. The highest BCUT2D eigenvalue weighted by molar-refractivity contribution is 9.10. The number of rotatable bonds is 3. The van der Waals surface area contributed by atoms with Gasteiger partial charge in [0.15, 0.2) is 5.76 Å². The van der Waals surface area contributed by atoms with Crippen LogP contribution < -0.4 is 5.32 Å². The lowest BCUT2D eigenvalue weighted by Crippen LogP contribution is -2.07. The Balaban J connectivity index is 1.67. The lowest BCUT2D eigenvalue weighted by molar-refractivity contribution is 0.577. The molecule has 5 rings (SSSR count). The van der Waals surface area contributed by atoms with Gasteiger partial charge in [0, 0.05) is 15.7 Å². The molecule has 7 heteroatoms. The molecule has 1 aromatic carbocycles. The molecule has 0 saturated carbocycles. The number of benzene rings is 1. The van der Waals surface area contributed by atoms with Gasteiger partial charge < -0.3 is 9.73 Å². The summed E-state index contributed by atoms with van der Waals surface area (Å²) in [4.78, 5) is 9.29. The van der Waals surface area contributed by atoms with Crippen molar-refractivity contribution in [3.05, 3.63) is 57.9 Å². The summed E-state index contributed by atoms with van der Waals surface area (Å²) in [7, 11) is 0. The topological polar surface area (TPSA) is 68.2 Å². The van der Waals surface area contributed by atoms with Crippen LogP contribution in [0.5, 0.6) is 0 Å². The number of aryl methyl sites for hydroxylation is 2. The summed E-state index contributed by atoms with van der Waals surface area (Å²) in [6, 6.07) is 9.90. The molecule has 3 heterocycles. The van der Waals surface area contributed by atoms with Crippen LogP contribution in [0, 0.1) is 6.92 Å².